The molecule has 2 unspecified atom stereocenters. The zero-order chi connectivity index (χ0) is 13.1. The minimum atomic E-state index is -1.15. The van der Waals surface area contributed by atoms with Crippen LogP contribution in [0.5, 0.6) is 0 Å². The van der Waals surface area contributed by atoms with Crippen molar-refractivity contribution in [2.75, 3.05) is 26.8 Å². The molecule has 1 heterocycles. The Morgan fingerprint density at radius 1 is 1.59 bits per heavy atom. The van der Waals surface area contributed by atoms with Crippen LogP contribution in [0, 0.1) is 0 Å². The predicted octanol–water partition coefficient (Wildman–Crippen LogP) is -0.748. The fourth-order valence-corrected chi connectivity index (χ4v) is 1.70. The molecule has 2 atom stereocenters. The van der Waals surface area contributed by atoms with Gasteiger partial charge in [0, 0.05) is 13.7 Å². The van der Waals surface area contributed by atoms with Crippen molar-refractivity contribution >= 4 is 12.0 Å². The molecule has 1 aliphatic rings. The van der Waals surface area contributed by atoms with Gasteiger partial charge in [0.05, 0.1) is 18.8 Å². The third kappa shape index (κ3) is 3.86. The SMILES string of the molecule is COCC(NC(=O)N1CCC(C)(O)C1)C(=O)O. The van der Waals surface area contributed by atoms with Crippen LogP contribution in [-0.2, 0) is 9.53 Å². The van der Waals surface area contributed by atoms with E-state index >= 15 is 0 Å². The normalized spacial score (nSPS) is 25.7. The quantitative estimate of drug-likeness (QED) is 0.606. The van der Waals surface area contributed by atoms with Crippen molar-refractivity contribution in [1.29, 1.82) is 0 Å². The summed E-state index contributed by atoms with van der Waals surface area (Å²) in [6.07, 6.45) is 0.489. The van der Waals surface area contributed by atoms with Crippen LogP contribution in [-0.4, -0.2) is 65.6 Å². The molecular weight excluding hydrogens is 228 g/mol. The Kier molecular flexibility index (Phi) is 4.30. The number of ether oxygens (including phenoxy) is 1. The average Bonchev–Trinajstić information content (AvgIpc) is 2.58. The molecule has 98 valence electrons. The Bertz CT molecular complexity index is 305. The largest absolute Gasteiger partial charge is 0.480 e. The monoisotopic (exact) mass is 246 g/mol. The van der Waals surface area contributed by atoms with Crippen LogP contribution in [0.2, 0.25) is 0 Å². The first kappa shape index (κ1) is 13.7. The van der Waals surface area contributed by atoms with E-state index in [0.29, 0.717) is 13.0 Å². The van der Waals surface area contributed by atoms with Gasteiger partial charge in [0.2, 0.25) is 0 Å². The van der Waals surface area contributed by atoms with E-state index < -0.39 is 23.6 Å². The van der Waals surface area contributed by atoms with Gasteiger partial charge in [-0.1, -0.05) is 0 Å². The number of likely N-dealkylation sites (tertiary alicyclic amines) is 1. The number of carboxylic acids is 1. The van der Waals surface area contributed by atoms with Crippen LogP contribution in [0.15, 0.2) is 0 Å². The number of hydrogen-bond donors (Lipinski definition) is 3. The molecule has 1 saturated heterocycles. The summed E-state index contributed by atoms with van der Waals surface area (Å²) in [5, 5.41) is 20.9. The number of aliphatic carboxylic acids is 1. The maximum atomic E-state index is 11.7. The summed E-state index contributed by atoms with van der Waals surface area (Å²) in [5.74, 6) is -1.15. The number of nitrogens with zero attached hydrogens (tertiary/aromatic N) is 1. The van der Waals surface area contributed by atoms with Crippen molar-refractivity contribution in [3.63, 3.8) is 0 Å². The molecule has 7 nitrogen and oxygen atoms in total. The minimum absolute atomic E-state index is 0.0920. The highest BCUT2D eigenvalue weighted by Crippen LogP contribution is 2.19. The van der Waals surface area contributed by atoms with Gasteiger partial charge in [0.15, 0.2) is 6.04 Å². The highest BCUT2D eigenvalue weighted by Gasteiger charge is 2.35. The van der Waals surface area contributed by atoms with Crippen LogP contribution < -0.4 is 5.32 Å². The molecule has 0 saturated carbocycles. The Hall–Kier alpha value is -1.34. The lowest BCUT2D eigenvalue weighted by Crippen LogP contribution is -2.49. The number of aliphatic hydroxyl groups is 1. The van der Waals surface area contributed by atoms with Crippen molar-refractivity contribution in [2.45, 2.75) is 25.0 Å². The zero-order valence-electron chi connectivity index (χ0n) is 9.97. The lowest BCUT2D eigenvalue weighted by atomic mass is 10.1. The standard InChI is InChI=1S/C10H18N2O5/c1-10(16)3-4-12(6-10)9(15)11-7(5-17-2)8(13)14/h7,16H,3-6H2,1-2H3,(H,11,15)(H,13,14). The zero-order valence-corrected chi connectivity index (χ0v) is 9.97. The first-order valence-corrected chi connectivity index (χ1v) is 5.35. The van der Waals surface area contributed by atoms with Crippen molar-refractivity contribution in [2.24, 2.45) is 0 Å². The number of amides is 2. The van der Waals surface area contributed by atoms with Crippen LogP contribution in [0.25, 0.3) is 0 Å². The average molecular weight is 246 g/mol. The molecule has 1 rings (SSSR count). The van der Waals surface area contributed by atoms with Gasteiger partial charge in [-0.15, -0.1) is 0 Å². The van der Waals surface area contributed by atoms with Crippen molar-refractivity contribution in [3.8, 4) is 0 Å². The predicted molar refractivity (Wildman–Crippen MR) is 58.6 cm³/mol. The second-order valence-corrected chi connectivity index (χ2v) is 4.46. The lowest BCUT2D eigenvalue weighted by Gasteiger charge is -2.21. The van der Waals surface area contributed by atoms with Gasteiger partial charge in [-0.25, -0.2) is 9.59 Å². The summed E-state index contributed by atoms with van der Waals surface area (Å²) >= 11 is 0. The smallest absolute Gasteiger partial charge is 0.328 e. The molecule has 0 bridgehead atoms. The third-order valence-corrected chi connectivity index (χ3v) is 2.67. The highest BCUT2D eigenvalue weighted by molar-refractivity contribution is 5.82. The number of carbonyl (C=O) groups is 2. The Morgan fingerprint density at radius 2 is 2.24 bits per heavy atom. The van der Waals surface area contributed by atoms with Crippen LogP contribution in [0.1, 0.15) is 13.3 Å². The Morgan fingerprint density at radius 3 is 2.65 bits per heavy atom. The van der Waals surface area contributed by atoms with Gasteiger partial charge in [-0.3, -0.25) is 0 Å². The molecule has 2 amide bonds. The molecule has 0 aromatic heterocycles. The number of rotatable bonds is 4. The summed E-state index contributed by atoms with van der Waals surface area (Å²) in [4.78, 5) is 23.9. The van der Waals surface area contributed by atoms with E-state index in [1.54, 1.807) is 6.92 Å². The van der Waals surface area contributed by atoms with E-state index in [1.807, 2.05) is 0 Å². The fraction of sp³-hybridized carbons (Fsp3) is 0.800. The number of methoxy groups -OCH3 is 1. The summed E-state index contributed by atoms with van der Waals surface area (Å²) < 4.78 is 4.71. The van der Waals surface area contributed by atoms with Gasteiger partial charge >= 0.3 is 12.0 Å². The lowest BCUT2D eigenvalue weighted by molar-refractivity contribution is -0.140. The number of hydrogen-bond acceptors (Lipinski definition) is 4. The van der Waals surface area contributed by atoms with E-state index in [9.17, 15) is 14.7 Å². The molecule has 1 fully saturated rings. The molecule has 17 heavy (non-hydrogen) atoms. The number of β-amino-alcohol motifs (C(OH)–C–C–N with tert-alkyl or cyclic N) is 1. The van der Waals surface area contributed by atoms with E-state index in [2.05, 4.69) is 5.32 Å². The fourth-order valence-electron chi connectivity index (χ4n) is 1.70. The number of carbonyl (C=O) groups excluding carboxylic acids is 1. The summed E-state index contributed by atoms with van der Waals surface area (Å²) in [7, 11) is 1.36. The van der Waals surface area contributed by atoms with Crippen molar-refractivity contribution in [1.82, 2.24) is 10.2 Å². The number of nitrogens with one attached hydrogen (secondary N) is 1. The van der Waals surface area contributed by atoms with Gasteiger partial charge < -0.3 is 25.2 Å². The second kappa shape index (κ2) is 5.33. The number of urea groups is 1. The Labute approximate surface area is 99.4 Å². The number of carboxylic acid groups (broad SMARTS) is 1. The summed E-state index contributed by atoms with van der Waals surface area (Å²) in [5.41, 5.74) is -0.892. The van der Waals surface area contributed by atoms with Gasteiger partial charge in [0.1, 0.15) is 0 Å². The van der Waals surface area contributed by atoms with Crippen LogP contribution >= 0.6 is 0 Å². The molecule has 1 aliphatic heterocycles. The molecule has 3 N–H and O–H groups in total. The molecule has 0 spiro atoms. The molecule has 0 aliphatic carbocycles. The van der Waals surface area contributed by atoms with Gasteiger partial charge in [-0.05, 0) is 13.3 Å². The highest BCUT2D eigenvalue weighted by atomic mass is 16.5. The van der Waals surface area contributed by atoms with E-state index in [1.165, 1.54) is 12.0 Å². The first-order valence-electron chi connectivity index (χ1n) is 5.35. The molecular formula is C10H18N2O5. The van der Waals surface area contributed by atoms with E-state index in [0.717, 1.165) is 0 Å². The second-order valence-electron chi connectivity index (χ2n) is 4.46. The Balaban J connectivity index is 2.51. The van der Waals surface area contributed by atoms with Crippen molar-refractivity contribution in [3.05, 3.63) is 0 Å². The summed E-state index contributed by atoms with van der Waals surface area (Å²) in [6, 6.07) is -1.56. The molecule has 0 aromatic rings. The minimum Gasteiger partial charge on any atom is -0.480 e. The van der Waals surface area contributed by atoms with Crippen LogP contribution in [0.4, 0.5) is 4.79 Å². The van der Waals surface area contributed by atoms with E-state index in [-0.39, 0.29) is 13.2 Å². The van der Waals surface area contributed by atoms with Crippen LogP contribution in [0.3, 0.4) is 0 Å². The topological polar surface area (TPSA) is 99.1 Å². The molecule has 7 heteroatoms. The summed E-state index contributed by atoms with van der Waals surface area (Å²) in [6.45, 7) is 2.17. The molecule has 0 radical (unpaired) electrons. The maximum Gasteiger partial charge on any atom is 0.328 e. The molecule has 0 aromatic carbocycles. The third-order valence-electron chi connectivity index (χ3n) is 2.67. The van der Waals surface area contributed by atoms with Gasteiger partial charge in [-0.2, -0.15) is 0 Å². The van der Waals surface area contributed by atoms with Gasteiger partial charge in [0.25, 0.3) is 0 Å². The van der Waals surface area contributed by atoms with E-state index in [4.69, 9.17) is 9.84 Å². The van der Waals surface area contributed by atoms with Crippen molar-refractivity contribution < 1.29 is 24.5 Å². The first-order chi connectivity index (χ1) is 7.85. The maximum absolute atomic E-state index is 11.7.